The van der Waals surface area contributed by atoms with Gasteiger partial charge in [0.15, 0.2) is 0 Å². The topological polar surface area (TPSA) is 69.6 Å². The van der Waals surface area contributed by atoms with Crippen molar-refractivity contribution in [2.45, 2.75) is 225 Å². The fraction of sp³-hybridized carbons (Fsp3) is 0.679. The second kappa shape index (κ2) is 47.7. The summed E-state index contributed by atoms with van der Waals surface area (Å²) >= 11 is 0. The van der Waals surface area contributed by atoms with E-state index in [2.05, 4.69) is 116 Å². The lowest BCUT2D eigenvalue weighted by Gasteiger charge is -2.22. The van der Waals surface area contributed by atoms with Crippen molar-refractivity contribution in [3.8, 4) is 0 Å². The number of unbranched alkanes of at least 4 members (excludes halogenated alkanes) is 19. The Balaban J connectivity index is 3.66. The maximum absolute atomic E-state index is 12.4. The molecule has 2 unspecified atom stereocenters. The van der Waals surface area contributed by atoms with Gasteiger partial charge in [0.1, 0.15) is 0 Å². The molecule has 0 aromatic rings. The molecule has 0 fully saturated rings. The summed E-state index contributed by atoms with van der Waals surface area (Å²) in [4.78, 5) is 12.4. The highest BCUT2D eigenvalue weighted by Crippen LogP contribution is 2.15. The summed E-state index contributed by atoms with van der Waals surface area (Å²) in [6, 6.07) is -0.557. The minimum atomic E-state index is -0.677. The van der Waals surface area contributed by atoms with Crippen molar-refractivity contribution in [1.82, 2.24) is 5.32 Å². The van der Waals surface area contributed by atoms with Crippen LogP contribution in [0.5, 0.6) is 0 Å². The lowest BCUT2D eigenvalue weighted by Crippen LogP contribution is -2.45. The predicted molar refractivity (Wildman–Crippen MR) is 253 cm³/mol. The van der Waals surface area contributed by atoms with E-state index in [9.17, 15) is 15.0 Å². The molecule has 0 radical (unpaired) electrons. The number of amides is 1. The molecule has 0 aliphatic carbocycles. The summed E-state index contributed by atoms with van der Waals surface area (Å²) in [5, 5.41) is 23.2. The zero-order valence-corrected chi connectivity index (χ0v) is 37.3. The molecule has 0 bridgehead atoms. The average molecular weight is 790 g/mol. The number of aliphatic hydroxyl groups excluding tert-OH is 2. The van der Waals surface area contributed by atoms with Crippen LogP contribution in [0.2, 0.25) is 0 Å². The monoisotopic (exact) mass is 790 g/mol. The molecule has 0 saturated heterocycles. The number of hydrogen-bond acceptors (Lipinski definition) is 3. The van der Waals surface area contributed by atoms with Crippen LogP contribution in [0.3, 0.4) is 0 Å². The fourth-order valence-electron chi connectivity index (χ4n) is 6.73. The summed E-state index contributed by atoms with van der Waals surface area (Å²) in [6.07, 6.45) is 70.6. The molecule has 1 amide bonds. The van der Waals surface area contributed by atoms with E-state index in [4.69, 9.17) is 0 Å². The number of aliphatic hydroxyl groups is 2. The summed E-state index contributed by atoms with van der Waals surface area (Å²) in [5.74, 6) is -0.0595. The molecule has 4 nitrogen and oxygen atoms in total. The predicted octanol–water partition coefficient (Wildman–Crippen LogP) is 15.4. The highest BCUT2D eigenvalue weighted by Gasteiger charge is 2.20. The third-order valence-electron chi connectivity index (χ3n) is 10.4. The van der Waals surface area contributed by atoms with E-state index in [1.54, 1.807) is 0 Å². The first-order chi connectivity index (χ1) is 28.2. The van der Waals surface area contributed by atoms with Crippen molar-refractivity contribution in [2.75, 3.05) is 6.61 Å². The Bertz CT molecular complexity index is 1080. The van der Waals surface area contributed by atoms with Gasteiger partial charge in [-0.15, -0.1) is 0 Å². The molecule has 0 rings (SSSR count). The molecule has 0 aromatic carbocycles. The maximum atomic E-state index is 12.4. The van der Waals surface area contributed by atoms with Crippen molar-refractivity contribution in [1.29, 1.82) is 0 Å². The average Bonchev–Trinajstić information content (AvgIpc) is 3.22. The van der Waals surface area contributed by atoms with Gasteiger partial charge in [-0.1, -0.05) is 227 Å². The van der Waals surface area contributed by atoms with Crippen LogP contribution in [0.15, 0.2) is 97.2 Å². The van der Waals surface area contributed by atoms with Gasteiger partial charge in [-0.2, -0.15) is 0 Å². The van der Waals surface area contributed by atoms with Gasteiger partial charge in [0.2, 0.25) is 5.91 Å². The van der Waals surface area contributed by atoms with Gasteiger partial charge < -0.3 is 15.5 Å². The van der Waals surface area contributed by atoms with Crippen LogP contribution in [0.4, 0.5) is 0 Å². The van der Waals surface area contributed by atoms with E-state index < -0.39 is 12.1 Å². The zero-order valence-electron chi connectivity index (χ0n) is 37.3. The molecule has 0 spiro atoms. The van der Waals surface area contributed by atoms with Gasteiger partial charge in [-0.05, 0) is 77.0 Å². The van der Waals surface area contributed by atoms with Crippen LogP contribution in [0.25, 0.3) is 0 Å². The number of carbonyl (C=O) groups excluding carboxylic acids is 1. The van der Waals surface area contributed by atoms with E-state index >= 15 is 0 Å². The van der Waals surface area contributed by atoms with Crippen LogP contribution in [-0.2, 0) is 4.79 Å². The third kappa shape index (κ3) is 44.3. The molecule has 2 atom stereocenters. The number of nitrogens with one attached hydrogen (secondary N) is 1. The SMILES string of the molecule is CC/C=C\C/C=C\C/C=C\C/C=C\C/C=C\C/C=C\C/C=C\C/C=C\CCCCCCC(=O)NC(CO)C(O)CCCCCCCCCCCCCCCCCC. The van der Waals surface area contributed by atoms with E-state index in [0.29, 0.717) is 12.8 Å². The minimum Gasteiger partial charge on any atom is -0.394 e. The quantitative estimate of drug-likeness (QED) is 0.0426. The van der Waals surface area contributed by atoms with E-state index in [1.807, 2.05) is 0 Å². The second-order valence-corrected chi connectivity index (χ2v) is 15.8. The molecule has 4 heteroatoms. The van der Waals surface area contributed by atoms with E-state index in [1.165, 1.54) is 89.9 Å². The van der Waals surface area contributed by atoms with Gasteiger partial charge in [0.25, 0.3) is 0 Å². The Morgan fingerprint density at radius 1 is 0.439 bits per heavy atom. The summed E-state index contributed by atoms with van der Waals surface area (Å²) in [5.41, 5.74) is 0. The molecule has 0 aliphatic heterocycles. The van der Waals surface area contributed by atoms with Crippen LogP contribution in [0.1, 0.15) is 213 Å². The van der Waals surface area contributed by atoms with Gasteiger partial charge >= 0.3 is 0 Å². The van der Waals surface area contributed by atoms with E-state index in [0.717, 1.165) is 96.3 Å². The van der Waals surface area contributed by atoms with Crippen LogP contribution >= 0.6 is 0 Å². The summed E-state index contributed by atoms with van der Waals surface area (Å²) in [6.45, 7) is 4.23. The molecule has 0 heterocycles. The van der Waals surface area contributed by atoms with Crippen LogP contribution < -0.4 is 5.32 Å². The number of allylic oxidation sites excluding steroid dienone is 16. The first kappa shape index (κ1) is 54.3. The first-order valence-electron chi connectivity index (χ1n) is 23.9. The molecule has 326 valence electrons. The van der Waals surface area contributed by atoms with Crippen LogP contribution in [-0.4, -0.2) is 34.9 Å². The number of rotatable bonds is 42. The third-order valence-corrected chi connectivity index (χ3v) is 10.4. The lowest BCUT2D eigenvalue weighted by molar-refractivity contribution is -0.123. The Morgan fingerprint density at radius 3 is 1.16 bits per heavy atom. The molecule has 3 N–H and O–H groups in total. The Morgan fingerprint density at radius 2 is 0.772 bits per heavy atom. The maximum Gasteiger partial charge on any atom is 0.220 e. The van der Waals surface area contributed by atoms with Crippen molar-refractivity contribution >= 4 is 5.91 Å². The molecule has 0 aliphatic rings. The molecule has 57 heavy (non-hydrogen) atoms. The second-order valence-electron chi connectivity index (χ2n) is 15.8. The van der Waals surface area contributed by atoms with E-state index in [-0.39, 0.29) is 12.5 Å². The number of hydrogen-bond donors (Lipinski definition) is 3. The zero-order chi connectivity index (χ0) is 41.4. The molecule has 0 saturated carbocycles. The van der Waals surface area contributed by atoms with Gasteiger partial charge in [0.05, 0.1) is 18.8 Å². The molecular formula is C53H91NO3. The Kier molecular flexibility index (Phi) is 45.4. The van der Waals surface area contributed by atoms with Crippen molar-refractivity contribution in [3.63, 3.8) is 0 Å². The van der Waals surface area contributed by atoms with Crippen molar-refractivity contribution < 1.29 is 15.0 Å². The van der Waals surface area contributed by atoms with Crippen molar-refractivity contribution in [2.24, 2.45) is 0 Å². The smallest absolute Gasteiger partial charge is 0.220 e. The fourth-order valence-corrected chi connectivity index (χ4v) is 6.73. The van der Waals surface area contributed by atoms with Gasteiger partial charge in [-0.25, -0.2) is 0 Å². The highest BCUT2D eigenvalue weighted by atomic mass is 16.3. The Labute approximate surface area is 353 Å². The number of carbonyl (C=O) groups is 1. The summed E-state index contributed by atoms with van der Waals surface area (Å²) in [7, 11) is 0. The molecular weight excluding hydrogens is 699 g/mol. The highest BCUT2D eigenvalue weighted by molar-refractivity contribution is 5.76. The van der Waals surface area contributed by atoms with Crippen LogP contribution in [0, 0.1) is 0 Å². The normalized spacial score (nSPS) is 13.8. The van der Waals surface area contributed by atoms with Gasteiger partial charge in [-0.3, -0.25) is 4.79 Å². The summed E-state index contributed by atoms with van der Waals surface area (Å²) < 4.78 is 0. The standard InChI is InChI=1S/C53H91NO3/c1-3-5-7-9-11-13-15-17-19-21-22-23-24-25-26-27-28-29-30-31-32-33-35-37-39-41-43-45-47-49-53(57)54-51(50-55)52(56)48-46-44-42-40-38-36-34-20-18-16-14-12-10-8-6-4-2/h5,7,11,13,17,19,22-23,25-26,28-29,31-32,35,37,51-52,55-56H,3-4,6,8-10,12,14-16,18,20-21,24,27,30,33-34,36,38-50H2,1-2H3,(H,54,57)/b7-5-,13-11-,19-17-,23-22-,26-25-,29-28-,32-31-,37-35-. The Hall–Kier alpha value is -2.69. The first-order valence-corrected chi connectivity index (χ1v) is 23.9. The minimum absolute atomic E-state index is 0.0595. The largest absolute Gasteiger partial charge is 0.394 e. The van der Waals surface area contributed by atoms with Crippen molar-refractivity contribution in [3.05, 3.63) is 97.2 Å². The van der Waals surface area contributed by atoms with Gasteiger partial charge in [0, 0.05) is 6.42 Å². The molecule has 0 aromatic heterocycles. The lowest BCUT2D eigenvalue weighted by atomic mass is 10.0.